The van der Waals surface area contributed by atoms with Crippen molar-refractivity contribution in [1.82, 2.24) is 9.55 Å². The first-order valence-electron chi connectivity index (χ1n) is 10.8. The topological polar surface area (TPSA) is 75.4 Å². The Morgan fingerprint density at radius 1 is 1.03 bits per heavy atom. The van der Waals surface area contributed by atoms with Crippen LogP contribution in [-0.4, -0.2) is 26.5 Å². The van der Waals surface area contributed by atoms with E-state index in [1.54, 1.807) is 33.7 Å². The van der Waals surface area contributed by atoms with Crippen molar-refractivity contribution in [2.75, 3.05) is 4.90 Å². The summed E-state index contributed by atoms with van der Waals surface area (Å²) in [6, 6.07) is 20.5. The standard InChI is InChI=1S/C26H24FN3O3/c1-2-7-24-28-22-15-21(12-13-23(22)30(24)17-25(31)32)29(16-18-8-4-3-5-9-18)26(33)19-10-6-11-20(27)14-19/h3-6,8-15H,2,7,16-17H2,1H3,(H,31,32). The minimum absolute atomic E-state index is 0.179. The summed E-state index contributed by atoms with van der Waals surface area (Å²) in [5, 5.41) is 9.33. The van der Waals surface area contributed by atoms with Crippen LogP contribution in [0.25, 0.3) is 11.0 Å². The zero-order valence-corrected chi connectivity index (χ0v) is 18.2. The minimum Gasteiger partial charge on any atom is -0.480 e. The number of hydrogen-bond acceptors (Lipinski definition) is 3. The van der Waals surface area contributed by atoms with Gasteiger partial charge in [0, 0.05) is 17.7 Å². The molecule has 3 aromatic carbocycles. The van der Waals surface area contributed by atoms with Gasteiger partial charge in [0.15, 0.2) is 0 Å². The molecule has 0 bridgehead atoms. The van der Waals surface area contributed by atoms with Crippen LogP contribution in [0.2, 0.25) is 0 Å². The number of aliphatic carboxylic acids is 1. The van der Waals surface area contributed by atoms with Gasteiger partial charge in [-0.1, -0.05) is 43.3 Å². The maximum absolute atomic E-state index is 13.8. The summed E-state index contributed by atoms with van der Waals surface area (Å²) < 4.78 is 15.5. The van der Waals surface area contributed by atoms with Crippen molar-refractivity contribution in [3.8, 4) is 0 Å². The van der Waals surface area contributed by atoms with Crippen molar-refractivity contribution in [3.05, 3.63) is 95.6 Å². The maximum atomic E-state index is 13.8. The van der Waals surface area contributed by atoms with Gasteiger partial charge in [0.1, 0.15) is 18.2 Å². The minimum atomic E-state index is -0.942. The Morgan fingerprint density at radius 2 is 1.82 bits per heavy atom. The van der Waals surface area contributed by atoms with Crippen LogP contribution in [0.5, 0.6) is 0 Å². The summed E-state index contributed by atoms with van der Waals surface area (Å²) in [7, 11) is 0. The fraction of sp³-hybridized carbons (Fsp3) is 0.192. The molecule has 0 unspecified atom stereocenters. The van der Waals surface area contributed by atoms with Crippen molar-refractivity contribution in [2.45, 2.75) is 32.9 Å². The van der Waals surface area contributed by atoms with Gasteiger partial charge in [-0.05, 0) is 48.4 Å². The molecule has 0 saturated heterocycles. The van der Waals surface area contributed by atoms with Gasteiger partial charge in [-0.3, -0.25) is 9.59 Å². The number of carbonyl (C=O) groups excluding carboxylic acids is 1. The van der Waals surface area contributed by atoms with Crippen molar-refractivity contribution in [1.29, 1.82) is 0 Å². The number of fused-ring (bicyclic) bond motifs is 1. The first-order chi connectivity index (χ1) is 16.0. The summed E-state index contributed by atoms with van der Waals surface area (Å²) in [6.45, 7) is 2.12. The molecule has 0 radical (unpaired) electrons. The van der Waals surface area contributed by atoms with E-state index in [0.717, 1.165) is 12.0 Å². The number of aryl methyl sites for hydroxylation is 1. The number of rotatable bonds is 8. The molecule has 0 spiro atoms. The monoisotopic (exact) mass is 445 g/mol. The Kier molecular flexibility index (Phi) is 6.49. The second kappa shape index (κ2) is 9.65. The zero-order chi connectivity index (χ0) is 23.4. The van der Waals surface area contributed by atoms with E-state index in [1.807, 2.05) is 37.3 Å². The molecular weight excluding hydrogens is 421 g/mol. The number of anilines is 1. The van der Waals surface area contributed by atoms with E-state index in [2.05, 4.69) is 4.98 Å². The number of hydrogen-bond donors (Lipinski definition) is 1. The molecule has 1 amide bonds. The number of carboxylic acid groups (broad SMARTS) is 1. The summed E-state index contributed by atoms with van der Waals surface area (Å²) >= 11 is 0. The van der Waals surface area contributed by atoms with Crippen LogP contribution in [0.1, 0.15) is 35.1 Å². The number of nitrogens with zero attached hydrogens (tertiary/aromatic N) is 3. The third kappa shape index (κ3) is 4.92. The molecule has 0 aliphatic carbocycles. The van der Waals surface area contributed by atoms with Crippen molar-refractivity contribution in [3.63, 3.8) is 0 Å². The van der Waals surface area contributed by atoms with Crippen LogP contribution in [0, 0.1) is 5.82 Å². The van der Waals surface area contributed by atoms with Crippen LogP contribution < -0.4 is 4.90 Å². The highest BCUT2D eigenvalue weighted by molar-refractivity contribution is 6.06. The number of aromatic nitrogens is 2. The molecule has 168 valence electrons. The zero-order valence-electron chi connectivity index (χ0n) is 18.2. The normalized spacial score (nSPS) is 11.0. The molecule has 33 heavy (non-hydrogen) atoms. The number of carboxylic acids is 1. The molecule has 0 aliphatic heterocycles. The van der Waals surface area contributed by atoms with Gasteiger partial charge in [-0.25, -0.2) is 9.37 Å². The molecule has 1 aromatic heterocycles. The fourth-order valence-corrected chi connectivity index (χ4v) is 3.89. The molecule has 6 nitrogen and oxygen atoms in total. The molecule has 0 aliphatic rings. The highest BCUT2D eigenvalue weighted by Gasteiger charge is 2.21. The quantitative estimate of drug-likeness (QED) is 0.411. The van der Waals surface area contributed by atoms with E-state index in [0.29, 0.717) is 35.5 Å². The summed E-state index contributed by atoms with van der Waals surface area (Å²) in [5.41, 5.74) is 3.08. The lowest BCUT2D eigenvalue weighted by Crippen LogP contribution is -2.30. The van der Waals surface area contributed by atoms with Gasteiger partial charge >= 0.3 is 5.97 Å². The highest BCUT2D eigenvalue weighted by Crippen LogP contribution is 2.27. The third-order valence-electron chi connectivity index (χ3n) is 5.39. The van der Waals surface area contributed by atoms with E-state index in [4.69, 9.17) is 0 Å². The molecule has 4 rings (SSSR count). The predicted octanol–water partition coefficient (Wildman–Crippen LogP) is 5.06. The van der Waals surface area contributed by atoms with E-state index < -0.39 is 11.8 Å². The van der Waals surface area contributed by atoms with Crippen molar-refractivity contribution in [2.24, 2.45) is 0 Å². The molecule has 0 saturated carbocycles. The highest BCUT2D eigenvalue weighted by atomic mass is 19.1. The molecule has 1 heterocycles. The van der Waals surface area contributed by atoms with Gasteiger partial charge in [-0.15, -0.1) is 0 Å². The van der Waals surface area contributed by atoms with Crippen LogP contribution in [0.15, 0.2) is 72.8 Å². The van der Waals surface area contributed by atoms with Crippen LogP contribution in [-0.2, 0) is 24.3 Å². The molecule has 1 N–H and O–H groups in total. The van der Waals surface area contributed by atoms with Gasteiger partial charge in [0.05, 0.1) is 17.6 Å². The van der Waals surface area contributed by atoms with Gasteiger partial charge in [-0.2, -0.15) is 0 Å². The molecule has 7 heteroatoms. The predicted molar refractivity (Wildman–Crippen MR) is 125 cm³/mol. The number of imidazole rings is 1. The van der Waals surface area contributed by atoms with Gasteiger partial charge in [0.25, 0.3) is 5.91 Å². The Hall–Kier alpha value is -4.00. The fourth-order valence-electron chi connectivity index (χ4n) is 3.89. The number of benzene rings is 3. The van der Waals surface area contributed by atoms with E-state index in [1.165, 1.54) is 18.2 Å². The Labute approximate surface area is 190 Å². The lowest BCUT2D eigenvalue weighted by molar-refractivity contribution is -0.137. The molecular formula is C26H24FN3O3. The average Bonchev–Trinajstić information content (AvgIpc) is 3.13. The summed E-state index contributed by atoms with van der Waals surface area (Å²) in [6.07, 6.45) is 1.47. The first-order valence-corrected chi connectivity index (χ1v) is 10.8. The number of carbonyl (C=O) groups is 2. The second-order valence-corrected chi connectivity index (χ2v) is 7.82. The van der Waals surface area contributed by atoms with Crippen molar-refractivity contribution >= 4 is 28.6 Å². The Bertz CT molecular complexity index is 1300. The number of amides is 1. The van der Waals surface area contributed by atoms with Gasteiger partial charge in [0.2, 0.25) is 0 Å². The third-order valence-corrected chi connectivity index (χ3v) is 5.39. The van der Waals surface area contributed by atoms with E-state index in [-0.39, 0.29) is 18.0 Å². The smallest absolute Gasteiger partial charge is 0.323 e. The van der Waals surface area contributed by atoms with Gasteiger partial charge < -0.3 is 14.6 Å². The lowest BCUT2D eigenvalue weighted by atomic mass is 10.1. The van der Waals surface area contributed by atoms with Crippen LogP contribution >= 0.6 is 0 Å². The molecule has 4 aromatic rings. The second-order valence-electron chi connectivity index (χ2n) is 7.82. The lowest BCUT2D eigenvalue weighted by Gasteiger charge is -2.23. The Morgan fingerprint density at radius 3 is 2.52 bits per heavy atom. The van der Waals surface area contributed by atoms with Crippen molar-refractivity contribution < 1.29 is 19.1 Å². The number of halogens is 1. The Balaban J connectivity index is 1.79. The molecule has 0 atom stereocenters. The maximum Gasteiger partial charge on any atom is 0.323 e. The van der Waals surface area contributed by atoms with E-state index in [9.17, 15) is 19.1 Å². The average molecular weight is 445 g/mol. The van der Waals surface area contributed by atoms with E-state index >= 15 is 0 Å². The SMILES string of the molecule is CCCc1nc2cc(N(Cc3ccccc3)C(=O)c3cccc(F)c3)ccc2n1CC(=O)O. The first kappa shape index (κ1) is 22.2. The summed E-state index contributed by atoms with van der Waals surface area (Å²) in [4.78, 5) is 31.0. The summed E-state index contributed by atoms with van der Waals surface area (Å²) in [5.74, 6) is -1.06. The van der Waals surface area contributed by atoms with Crippen LogP contribution in [0.3, 0.4) is 0 Å². The molecule has 0 fully saturated rings. The van der Waals surface area contributed by atoms with Crippen LogP contribution in [0.4, 0.5) is 10.1 Å². The largest absolute Gasteiger partial charge is 0.480 e.